The van der Waals surface area contributed by atoms with Crippen molar-refractivity contribution >= 4 is 16.3 Å². The van der Waals surface area contributed by atoms with Gasteiger partial charge in [0.25, 0.3) is 0 Å². The Kier molecular flexibility index (Phi) is 5.36. The van der Waals surface area contributed by atoms with E-state index in [1.165, 1.54) is 14.1 Å². The summed E-state index contributed by atoms with van der Waals surface area (Å²) in [5, 5.41) is 0. The lowest BCUT2D eigenvalue weighted by Gasteiger charge is -2.35. The van der Waals surface area contributed by atoms with Crippen LogP contribution in [0.3, 0.4) is 0 Å². The monoisotopic (exact) mass is 314 g/mol. The number of carbonyl (C=O) groups is 1. The van der Waals surface area contributed by atoms with Gasteiger partial charge in [-0.15, -0.1) is 0 Å². The standard InChI is InChI=1S/C14H22N2O4S/c1-14(2,3)16(21(18,19)15(4)5)13(17)20-11-12-9-7-6-8-10-12/h6-10H,11H2,1-5H3. The van der Waals surface area contributed by atoms with Crippen molar-refractivity contribution in [1.82, 2.24) is 8.61 Å². The van der Waals surface area contributed by atoms with Crippen LogP contribution in [0, 0.1) is 0 Å². The molecule has 21 heavy (non-hydrogen) atoms. The highest BCUT2D eigenvalue weighted by Crippen LogP contribution is 2.21. The largest absolute Gasteiger partial charge is 0.444 e. The molecule has 0 fully saturated rings. The molecule has 6 nitrogen and oxygen atoms in total. The molecule has 0 saturated carbocycles. The number of rotatable bonds is 4. The average molecular weight is 314 g/mol. The zero-order chi connectivity index (χ0) is 16.3. The van der Waals surface area contributed by atoms with Crippen molar-refractivity contribution in [1.29, 1.82) is 0 Å². The Balaban J connectivity index is 2.93. The van der Waals surface area contributed by atoms with Crippen molar-refractivity contribution in [3.05, 3.63) is 35.9 Å². The molecule has 0 aromatic heterocycles. The van der Waals surface area contributed by atoms with Gasteiger partial charge in [-0.05, 0) is 26.3 Å². The van der Waals surface area contributed by atoms with E-state index in [-0.39, 0.29) is 6.61 Å². The minimum absolute atomic E-state index is 0.0230. The van der Waals surface area contributed by atoms with Crippen LogP contribution in [-0.4, -0.2) is 42.8 Å². The average Bonchev–Trinajstić information content (AvgIpc) is 2.35. The molecule has 7 heteroatoms. The van der Waals surface area contributed by atoms with Crippen LogP contribution in [-0.2, 0) is 21.6 Å². The summed E-state index contributed by atoms with van der Waals surface area (Å²) in [6, 6.07) is 9.09. The number of hydrogen-bond donors (Lipinski definition) is 0. The summed E-state index contributed by atoms with van der Waals surface area (Å²) in [5.41, 5.74) is -0.126. The predicted molar refractivity (Wildman–Crippen MR) is 80.8 cm³/mol. The summed E-state index contributed by atoms with van der Waals surface area (Å²) in [6.45, 7) is 4.93. The van der Waals surface area contributed by atoms with E-state index in [4.69, 9.17) is 4.74 Å². The van der Waals surface area contributed by atoms with E-state index >= 15 is 0 Å². The van der Waals surface area contributed by atoms with E-state index in [9.17, 15) is 13.2 Å². The minimum atomic E-state index is -3.91. The first-order valence-electron chi connectivity index (χ1n) is 6.50. The molecule has 0 saturated heterocycles. The van der Waals surface area contributed by atoms with Gasteiger partial charge < -0.3 is 4.74 Å². The number of carbonyl (C=O) groups excluding carboxylic acids is 1. The second-order valence-electron chi connectivity index (χ2n) is 5.77. The number of hydrogen-bond acceptors (Lipinski definition) is 4. The Hall–Kier alpha value is -1.60. The van der Waals surface area contributed by atoms with E-state index in [2.05, 4.69) is 0 Å². The lowest BCUT2D eigenvalue weighted by atomic mass is 10.1. The quantitative estimate of drug-likeness (QED) is 0.855. The SMILES string of the molecule is CN(C)S(=O)(=O)N(C(=O)OCc1ccccc1)C(C)(C)C. The molecular weight excluding hydrogens is 292 g/mol. The maximum Gasteiger partial charge on any atom is 0.425 e. The van der Waals surface area contributed by atoms with Crippen LogP contribution >= 0.6 is 0 Å². The van der Waals surface area contributed by atoms with Crippen molar-refractivity contribution in [2.75, 3.05) is 14.1 Å². The van der Waals surface area contributed by atoms with E-state index in [1.54, 1.807) is 32.9 Å². The lowest BCUT2D eigenvalue weighted by molar-refractivity contribution is 0.0968. The zero-order valence-corrected chi connectivity index (χ0v) is 13.8. The highest BCUT2D eigenvalue weighted by atomic mass is 32.2. The van der Waals surface area contributed by atoms with Crippen LogP contribution < -0.4 is 0 Å². The van der Waals surface area contributed by atoms with Crippen molar-refractivity contribution in [2.24, 2.45) is 0 Å². The molecule has 0 aliphatic rings. The van der Waals surface area contributed by atoms with E-state index < -0.39 is 21.8 Å². The molecule has 1 aromatic rings. The third-order valence-corrected chi connectivity index (χ3v) is 4.75. The maximum absolute atomic E-state index is 12.3. The Bertz CT molecular complexity index is 577. The molecule has 0 bridgehead atoms. The van der Waals surface area contributed by atoms with Gasteiger partial charge in [0.15, 0.2) is 0 Å². The lowest BCUT2D eigenvalue weighted by Crippen LogP contribution is -2.53. The smallest absolute Gasteiger partial charge is 0.425 e. The topological polar surface area (TPSA) is 66.9 Å². The van der Waals surface area contributed by atoms with Crippen LogP contribution in [0.5, 0.6) is 0 Å². The van der Waals surface area contributed by atoms with Gasteiger partial charge >= 0.3 is 16.3 Å². The van der Waals surface area contributed by atoms with Crippen LogP contribution in [0.2, 0.25) is 0 Å². The Labute approximate surface area is 126 Å². The third kappa shape index (κ3) is 4.44. The van der Waals surface area contributed by atoms with Gasteiger partial charge in [-0.2, -0.15) is 17.0 Å². The molecule has 0 aliphatic heterocycles. The first-order valence-corrected chi connectivity index (χ1v) is 7.90. The molecule has 0 spiro atoms. The molecule has 0 unspecified atom stereocenters. The molecule has 118 valence electrons. The summed E-state index contributed by atoms with van der Waals surface area (Å²) in [4.78, 5) is 12.2. The van der Waals surface area contributed by atoms with Crippen LogP contribution in [0.1, 0.15) is 26.3 Å². The van der Waals surface area contributed by atoms with Crippen molar-refractivity contribution in [2.45, 2.75) is 32.9 Å². The highest BCUT2D eigenvalue weighted by Gasteiger charge is 2.39. The minimum Gasteiger partial charge on any atom is -0.444 e. The number of ether oxygens (including phenoxy) is 1. The molecule has 0 aliphatic carbocycles. The first kappa shape index (κ1) is 17.5. The summed E-state index contributed by atoms with van der Waals surface area (Å²) >= 11 is 0. The summed E-state index contributed by atoms with van der Waals surface area (Å²) in [6.07, 6.45) is -0.889. The summed E-state index contributed by atoms with van der Waals surface area (Å²) in [7, 11) is -1.16. The van der Waals surface area contributed by atoms with Crippen LogP contribution in [0.4, 0.5) is 4.79 Å². The van der Waals surface area contributed by atoms with E-state index in [1.807, 2.05) is 18.2 Å². The van der Waals surface area contributed by atoms with E-state index in [0.29, 0.717) is 0 Å². The Morgan fingerprint density at radius 2 is 1.67 bits per heavy atom. The number of nitrogens with zero attached hydrogens (tertiary/aromatic N) is 2. The van der Waals surface area contributed by atoms with Gasteiger partial charge in [-0.25, -0.2) is 4.79 Å². The third-order valence-electron chi connectivity index (χ3n) is 2.67. The fourth-order valence-corrected chi connectivity index (χ4v) is 2.92. The molecule has 1 amide bonds. The van der Waals surface area contributed by atoms with Gasteiger partial charge in [0.1, 0.15) is 6.61 Å². The molecule has 1 aromatic carbocycles. The fourth-order valence-electron chi connectivity index (χ4n) is 1.66. The van der Waals surface area contributed by atoms with Gasteiger partial charge in [0.05, 0.1) is 5.54 Å². The molecule has 0 atom stereocenters. The van der Waals surface area contributed by atoms with Crippen molar-refractivity contribution in [3.63, 3.8) is 0 Å². The van der Waals surface area contributed by atoms with Crippen LogP contribution in [0.15, 0.2) is 30.3 Å². The molecular formula is C14H22N2O4S. The maximum atomic E-state index is 12.3. The highest BCUT2D eigenvalue weighted by molar-refractivity contribution is 7.87. The normalized spacial score (nSPS) is 12.3. The predicted octanol–water partition coefficient (Wildman–Crippen LogP) is 2.23. The zero-order valence-electron chi connectivity index (χ0n) is 13.0. The second kappa shape index (κ2) is 6.44. The second-order valence-corrected chi connectivity index (χ2v) is 7.76. The van der Waals surface area contributed by atoms with Crippen molar-refractivity contribution in [3.8, 4) is 0 Å². The van der Waals surface area contributed by atoms with Gasteiger partial charge in [-0.1, -0.05) is 30.3 Å². The number of amides is 1. The molecule has 0 heterocycles. The Morgan fingerprint density at radius 3 is 2.10 bits per heavy atom. The van der Waals surface area contributed by atoms with Gasteiger partial charge in [0.2, 0.25) is 0 Å². The fraction of sp³-hybridized carbons (Fsp3) is 0.500. The summed E-state index contributed by atoms with van der Waals surface area (Å²) in [5.74, 6) is 0. The summed E-state index contributed by atoms with van der Waals surface area (Å²) < 4.78 is 31.4. The van der Waals surface area contributed by atoms with Crippen LogP contribution in [0.25, 0.3) is 0 Å². The molecule has 0 N–H and O–H groups in total. The Morgan fingerprint density at radius 1 is 1.14 bits per heavy atom. The van der Waals surface area contributed by atoms with Gasteiger partial charge in [-0.3, -0.25) is 0 Å². The van der Waals surface area contributed by atoms with Crippen molar-refractivity contribution < 1.29 is 17.9 Å². The van der Waals surface area contributed by atoms with E-state index in [0.717, 1.165) is 14.2 Å². The molecule has 1 rings (SSSR count). The number of benzene rings is 1. The van der Waals surface area contributed by atoms with Gasteiger partial charge in [0, 0.05) is 14.1 Å². The first-order chi connectivity index (χ1) is 9.56. The molecule has 0 radical (unpaired) electrons.